The predicted octanol–water partition coefficient (Wildman–Crippen LogP) is 2.54. The molecule has 27 heavy (non-hydrogen) atoms. The van der Waals surface area contributed by atoms with Gasteiger partial charge in [-0.15, -0.1) is 11.8 Å². The molecule has 0 aromatic heterocycles. The molecule has 7 nitrogen and oxygen atoms in total. The van der Waals surface area contributed by atoms with Crippen LogP contribution in [0.2, 0.25) is 0 Å². The van der Waals surface area contributed by atoms with Crippen LogP contribution in [0, 0.1) is 0 Å². The van der Waals surface area contributed by atoms with Crippen molar-refractivity contribution in [2.75, 3.05) is 44.3 Å². The second-order valence-corrected chi connectivity index (χ2v) is 7.75. The maximum Gasteiger partial charge on any atom is 0.321 e. The van der Waals surface area contributed by atoms with Gasteiger partial charge in [-0.05, 0) is 31.4 Å². The fourth-order valence-corrected chi connectivity index (χ4v) is 3.90. The molecule has 1 N–H and O–H groups in total. The van der Waals surface area contributed by atoms with Gasteiger partial charge in [-0.2, -0.15) is 0 Å². The lowest BCUT2D eigenvalue weighted by Crippen LogP contribution is -2.49. The number of rotatable bonds is 3. The monoisotopic (exact) mass is 384 g/mol. The van der Waals surface area contributed by atoms with Gasteiger partial charge in [0.15, 0.2) is 0 Å². The fraction of sp³-hybridized carbons (Fsp3) is 0.421. The highest BCUT2D eigenvalue weighted by atomic mass is 32.2. The number of amides is 2. The molecule has 1 unspecified atom stereocenters. The Morgan fingerprint density at radius 1 is 1.26 bits per heavy atom. The molecular formula is C19H24N6OS. The molecule has 3 heterocycles. The zero-order valence-electron chi connectivity index (χ0n) is 15.6. The molecule has 1 aromatic carbocycles. The summed E-state index contributed by atoms with van der Waals surface area (Å²) in [6.45, 7) is 5.89. The topological polar surface area (TPSA) is 63.5 Å². The number of nitrogens with zero attached hydrogens (tertiary/aromatic N) is 5. The van der Waals surface area contributed by atoms with Gasteiger partial charge >= 0.3 is 6.03 Å². The van der Waals surface area contributed by atoms with E-state index < -0.39 is 0 Å². The van der Waals surface area contributed by atoms with E-state index in [1.807, 2.05) is 47.8 Å². The van der Waals surface area contributed by atoms with Crippen LogP contribution in [0.5, 0.6) is 0 Å². The van der Waals surface area contributed by atoms with Crippen LogP contribution in [-0.4, -0.2) is 77.9 Å². The molecule has 0 aliphatic carbocycles. The molecule has 1 atom stereocenters. The molecule has 142 valence electrons. The number of hydrogen-bond donors (Lipinski definition) is 1. The molecule has 0 saturated carbocycles. The van der Waals surface area contributed by atoms with Gasteiger partial charge < -0.3 is 20.0 Å². The van der Waals surface area contributed by atoms with Crippen LogP contribution in [0.3, 0.4) is 0 Å². The number of anilines is 1. The van der Waals surface area contributed by atoms with E-state index >= 15 is 0 Å². The highest BCUT2D eigenvalue weighted by molar-refractivity contribution is 7.98. The van der Waals surface area contributed by atoms with Crippen molar-refractivity contribution < 1.29 is 4.79 Å². The molecular weight excluding hydrogens is 360 g/mol. The van der Waals surface area contributed by atoms with Crippen molar-refractivity contribution in [2.45, 2.75) is 17.9 Å². The number of thioether (sulfide) groups is 1. The van der Waals surface area contributed by atoms with E-state index in [2.05, 4.69) is 32.0 Å². The van der Waals surface area contributed by atoms with Crippen LogP contribution < -0.4 is 5.32 Å². The van der Waals surface area contributed by atoms with E-state index in [1.54, 1.807) is 11.8 Å². The Balaban J connectivity index is 1.33. The lowest BCUT2D eigenvalue weighted by molar-refractivity contribution is 0.167. The van der Waals surface area contributed by atoms with Crippen molar-refractivity contribution in [3.8, 4) is 0 Å². The van der Waals surface area contributed by atoms with Crippen molar-refractivity contribution in [1.29, 1.82) is 0 Å². The van der Waals surface area contributed by atoms with E-state index in [1.165, 1.54) is 0 Å². The van der Waals surface area contributed by atoms with E-state index in [9.17, 15) is 4.79 Å². The molecule has 1 fully saturated rings. The number of carbonyl (C=O) groups is 1. The number of urea groups is 1. The van der Waals surface area contributed by atoms with Crippen molar-refractivity contribution in [3.63, 3.8) is 0 Å². The first-order chi connectivity index (χ1) is 13.1. The van der Waals surface area contributed by atoms with Crippen LogP contribution in [0.1, 0.15) is 6.92 Å². The third kappa shape index (κ3) is 3.95. The molecule has 0 spiro atoms. The smallest absolute Gasteiger partial charge is 0.321 e. The minimum absolute atomic E-state index is 0.0470. The average molecular weight is 385 g/mol. The summed E-state index contributed by atoms with van der Waals surface area (Å²) in [6, 6.07) is 8.18. The molecule has 1 saturated heterocycles. The molecule has 4 rings (SSSR count). The lowest BCUT2D eigenvalue weighted by atomic mass is 10.3. The number of amidine groups is 1. The zero-order valence-corrected chi connectivity index (χ0v) is 16.4. The Morgan fingerprint density at radius 3 is 2.85 bits per heavy atom. The van der Waals surface area contributed by atoms with Crippen LogP contribution in [0.15, 0.2) is 51.0 Å². The van der Waals surface area contributed by atoms with Gasteiger partial charge in [0, 0.05) is 49.4 Å². The summed E-state index contributed by atoms with van der Waals surface area (Å²) >= 11 is 1.66. The van der Waals surface area contributed by atoms with Gasteiger partial charge in [-0.1, -0.05) is 6.07 Å². The summed E-state index contributed by atoms with van der Waals surface area (Å²) in [7, 11) is 0. The van der Waals surface area contributed by atoms with Crippen molar-refractivity contribution >= 4 is 35.7 Å². The summed E-state index contributed by atoms with van der Waals surface area (Å²) in [5, 5.41) is 3.00. The summed E-state index contributed by atoms with van der Waals surface area (Å²) < 4.78 is 0. The van der Waals surface area contributed by atoms with Gasteiger partial charge in [0.2, 0.25) is 0 Å². The normalized spacial score (nSPS) is 21.7. The van der Waals surface area contributed by atoms with Gasteiger partial charge in [-0.3, -0.25) is 4.99 Å². The highest BCUT2D eigenvalue weighted by Gasteiger charge is 2.27. The van der Waals surface area contributed by atoms with E-state index in [0.717, 1.165) is 41.9 Å². The van der Waals surface area contributed by atoms with Crippen LogP contribution >= 0.6 is 11.8 Å². The van der Waals surface area contributed by atoms with Crippen LogP contribution in [0.4, 0.5) is 10.5 Å². The molecule has 0 radical (unpaired) electrons. The van der Waals surface area contributed by atoms with Crippen molar-refractivity contribution in [2.24, 2.45) is 9.98 Å². The van der Waals surface area contributed by atoms with Crippen LogP contribution in [0.25, 0.3) is 0 Å². The summed E-state index contributed by atoms with van der Waals surface area (Å²) in [6.07, 6.45) is 5.95. The van der Waals surface area contributed by atoms with E-state index in [0.29, 0.717) is 19.1 Å². The number of piperazine rings is 1. The van der Waals surface area contributed by atoms with Gasteiger partial charge in [0.05, 0.1) is 12.4 Å². The molecule has 0 bridgehead atoms. The SMILES string of the molecule is CSc1cccc(NC(=O)N2CCN(C3=CC4=NC(C)CN4C=N3)CC2)c1. The Morgan fingerprint density at radius 2 is 2.07 bits per heavy atom. The van der Waals surface area contributed by atoms with Gasteiger partial charge in [-0.25, -0.2) is 9.79 Å². The zero-order chi connectivity index (χ0) is 18.8. The summed E-state index contributed by atoms with van der Waals surface area (Å²) in [5.74, 6) is 1.92. The Hall–Kier alpha value is -2.48. The van der Waals surface area contributed by atoms with Gasteiger partial charge in [0.25, 0.3) is 0 Å². The summed E-state index contributed by atoms with van der Waals surface area (Å²) in [5.41, 5.74) is 0.835. The lowest BCUT2D eigenvalue weighted by Gasteiger charge is -2.36. The molecule has 1 aromatic rings. The number of fused-ring (bicyclic) bond motifs is 1. The molecule has 3 aliphatic heterocycles. The molecule has 3 aliphatic rings. The molecule has 8 heteroatoms. The number of hydrogen-bond acceptors (Lipinski definition) is 6. The van der Waals surface area contributed by atoms with Crippen molar-refractivity contribution in [1.82, 2.24) is 14.7 Å². The molecule has 2 amide bonds. The third-order valence-electron chi connectivity index (χ3n) is 4.91. The first-order valence-electron chi connectivity index (χ1n) is 9.17. The van der Waals surface area contributed by atoms with E-state index in [-0.39, 0.29) is 6.03 Å². The maximum absolute atomic E-state index is 12.6. The fourth-order valence-electron chi connectivity index (χ4n) is 3.44. The van der Waals surface area contributed by atoms with E-state index in [4.69, 9.17) is 0 Å². The third-order valence-corrected chi connectivity index (χ3v) is 5.63. The summed E-state index contributed by atoms with van der Waals surface area (Å²) in [4.78, 5) is 29.1. The minimum Gasteiger partial charge on any atom is -0.353 e. The standard InChI is InChI=1S/C19H24N6OS/c1-14-12-25-13-20-17(11-18(25)21-14)23-6-8-24(9-7-23)19(26)22-15-4-3-5-16(10-15)27-2/h3-5,10-11,13-14H,6-9,12H2,1-2H3,(H,22,26). The Kier molecular flexibility index (Phi) is 5.07. The van der Waals surface area contributed by atoms with Gasteiger partial charge in [0.1, 0.15) is 11.7 Å². The highest BCUT2D eigenvalue weighted by Crippen LogP contribution is 2.21. The predicted molar refractivity (Wildman–Crippen MR) is 111 cm³/mol. The number of benzene rings is 1. The van der Waals surface area contributed by atoms with Crippen molar-refractivity contribution in [3.05, 3.63) is 36.2 Å². The maximum atomic E-state index is 12.6. The number of nitrogens with one attached hydrogen (secondary N) is 1. The minimum atomic E-state index is -0.0470. The Labute approximate surface area is 163 Å². The quantitative estimate of drug-likeness (QED) is 0.814. The number of aliphatic imine (C=N–C) groups is 2. The second-order valence-electron chi connectivity index (χ2n) is 6.87. The van der Waals surface area contributed by atoms with Crippen LogP contribution in [-0.2, 0) is 0 Å². The largest absolute Gasteiger partial charge is 0.353 e. The Bertz CT molecular complexity index is 812. The first kappa shape index (κ1) is 17.9. The second kappa shape index (κ2) is 7.64. The first-order valence-corrected chi connectivity index (χ1v) is 10.4. The number of carbonyl (C=O) groups excluding carboxylic acids is 1. The average Bonchev–Trinajstić information content (AvgIpc) is 3.07.